The van der Waals surface area contributed by atoms with Gasteiger partial charge >= 0.3 is 0 Å². The number of benzene rings is 3. The smallest absolute Gasteiger partial charge is 0.264 e. The maximum Gasteiger partial charge on any atom is 0.264 e. The van der Waals surface area contributed by atoms with Crippen LogP contribution in [0.3, 0.4) is 0 Å². The zero-order chi connectivity index (χ0) is 29.6. The van der Waals surface area contributed by atoms with E-state index in [0.717, 1.165) is 4.31 Å². The van der Waals surface area contributed by atoms with Crippen LogP contribution in [-0.2, 0) is 26.2 Å². The Bertz CT molecular complexity index is 1450. The lowest BCUT2D eigenvalue weighted by molar-refractivity contribution is -0.139. The monoisotopic (exact) mass is 643 g/mol. The van der Waals surface area contributed by atoms with Crippen molar-refractivity contribution in [3.05, 3.63) is 92.4 Å². The Morgan fingerprint density at radius 3 is 2.02 bits per heavy atom. The number of nitrogens with one attached hydrogen (secondary N) is 1. The number of rotatable bonds is 11. The summed E-state index contributed by atoms with van der Waals surface area (Å²) in [6.45, 7) is 5.08. The molecule has 0 fully saturated rings. The van der Waals surface area contributed by atoms with Crippen molar-refractivity contribution in [2.45, 2.75) is 38.3 Å². The van der Waals surface area contributed by atoms with Gasteiger partial charge in [0, 0.05) is 28.7 Å². The second-order valence-electron chi connectivity index (χ2n) is 9.46. The van der Waals surface area contributed by atoms with E-state index in [1.54, 1.807) is 43.3 Å². The Morgan fingerprint density at radius 1 is 0.825 bits per heavy atom. The molecule has 2 amide bonds. The summed E-state index contributed by atoms with van der Waals surface area (Å²) < 4.78 is 28.5. The third-order valence-corrected chi connectivity index (χ3v) is 9.28. The van der Waals surface area contributed by atoms with E-state index in [2.05, 4.69) is 5.32 Å². The molecule has 1 atom stereocenters. The Hall–Kier alpha value is -2.49. The van der Waals surface area contributed by atoms with Gasteiger partial charge in [-0.2, -0.15) is 0 Å². The lowest BCUT2D eigenvalue weighted by Gasteiger charge is -2.32. The van der Waals surface area contributed by atoms with Gasteiger partial charge in [0.2, 0.25) is 11.8 Å². The molecule has 0 aliphatic rings. The molecule has 0 heterocycles. The van der Waals surface area contributed by atoms with Crippen LogP contribution in [0.25, 0.3) is 0 Å². The first-order chi connectivity index (χ1) is 18.8. The van der Waals surface area contributed by atoms with Crippen LogP contribution < -0.4 is 9.62 Å². The topological polar surface area (TPSA) is 86.8 Å². The maximum absolute atomic E-state index is 14.0. The van der Waals surface area contributed by atoms with Crippen molar-refractivity contribution in [1.29, 1.82) is 0 Å². The molecule has 0 aliphatic heterocycles. The molecule has 12 heteroatoms. The fraction of sp³-hybridized carbons (Fsp3) is 0.286. The molecule has 0 aliphatic carbocycles. The largest absolute Gasteiger partial charge is 0.354 e. The van der Waals surface area contributed by atoms with E-state index < -0.39 is 34.4 Å². The summed E-state index contributed by atoms with van der Waals surface area (Å²) >= 11 is 25.1. The highest BCUT2D eigenvalue weighted by atomic mass is 35.5. The van der Waals surface area contributed by atoms with Gasteiger partial charge in [0.05, 0.1) is 20.6 Å². The van der Waals surface area contributed by atoms with Gasteiger partial charge in [-0.1, -0.05) is 84.5 Å². The van der Waals surface area contributed by atoms with Gasteiger partial charge in [0.1, 0.15) is 12.6 Å². The van der Waals surface area contributed by atoms with Crippen LogP contribution in [0.2, 0.25) is 20.1 Å². The highest BCUT2D eigenvalue weighted by Gasteiger charge is 2.33. The lowest BCUT2D eigenvalue weighted by Crippen LogP contribution is -2.51. The summed E-state index contributed by atoms with van der Waals surface area (Å²) in [4.78, 5) is 28.3. The molecule has 3 aromatic carbocycles. The molecule has 1 N–H and O–H groups in total. The number of halogens is 4. The van der Waals surface area contributed by atoms with E-state index >= 15 is 0 Å². The average Bonchev–Trinajstić information content (AvgIpc) is 2.91. The van der Waals surface area contributed by atoms with Gasteiger partial charge in [0.15, 0.2) is 0 Å². The maximum atomic E-state index is 14.0. The number of hydrogen-bond donors (Lipinski definition) is 1. The molecular weight excluding hydrogens is 616 g/mol. The quantitative estimate of drug-likeness (QED) is 0.252. The van der Waals surface area contributed by atoms with Gasteiger partial charge < -0.3 is 10.2 Å². The summed E-state index contributed by atoms with van der Waals surface area (Å²) in [6.07, 6.45) is 0. The molecule has 214 valence electrons. The van der Waals surface area contributed by atoms with Gasteiger partial charge in [0.25, 0.3) is 10.0 Å². The van der Waals surface area contributed by atoms with Crippen LogP contribution in [0.4, 0.5) is 5.69 Å². The van der Waals surface area contributed by atoms with Crippen LogP contribution >= 0.6 is 46.4 Å². The van der Waals surface area contributed by atoms with Crippen LogP contribution in [0.1, 0.15) is 26.3 Å². The first kappa shape index (κ1) is 32.0. The fourth-order valence-corrected chi connectivity index (χ4v) is 6.01. The minimum absolute atomic E-state index is 0.0303. The van der Waals surface area contributed by atoms with E-state index in [1.807, 2.05) is 13.8 Å². The van der Waals surface area contributed by atoms with Crippen LogP contribution in [0.5, 0.6) is 0 Å². The molecule has 7 nitrogen and oxygen atoms in total. The summed E-state index contributed by atoms with van der Waals surface area (Å²) in [5.74, 6) is -0.884. The molecule has 1 unspecified atom stereocenters. The Morgan fingerprint density at radius 2 is 1.45 bits per heavy atom. The molecule has 3 rings (SSSR count). The first-order valence-corrected chi connectivity index (χ1v) is 15.3. The molecule has 0 radical (unpaired) electrons. The highest BCUT2D eigenvalue weighted by molar-refractivity contribution is 7.92. The van der Waals surface area contributed by atoms with Crippen molar-refractivity contribution >= 4 is 73.9 Å². The number of carbonyl (C=O) groups is 2. The number of carbonyl (C=O) groups excluding carboxylic acids is 2. The van der Waals surface area contributed by atoms with Crippen LogP contribution in [0, 0.1) is 5.92 Å². The Balaban J connectivity index is 2.06. The summed E-state index contributed by atoms with van der Waals surface area (Å²) in [5.41, 5.74) is 0.550. The van der Waals surface area contributed by atoms with E-state index in [9.17, 15) is 18.0 Å². The summed E-state index contributed by atoms with van der Waals surface area (Å²) in [6, 6.07) is 15.9. The predicted octanol–water partition coefficient (Wildman–Crippen LogP) is 6.69. The van der Waals surface area contributed by atoms with Gasteiger partial charge in [-0.15, -0.1) is 0 Å². The second kappa shape index (κ2) is 13.9. The van der Waals surface area contributed by atoms with Gasteiger partial charge in [-0.25, -0.2) is 8.42 Å². The SMILES string of the molecule is CC(C)CNC(=O)C(C)N(Cc1c(Cl)cccc1Cl)C(=O)CN(c1ccc(Cl)c(Cl)c1)S(=O)(=O)c1ccccc1. The minimum Gasteiger partial charge on any atom is -0.354 e. The first-order valence-electron chi connectivity index (χ1n) is 12.4. The zero-order valence-electron chi connectivity index (χ0n) is 22.1. The Labute approximate surface area is 255 Å². The second-order valence-corrected chi connectivity index (χ2v) is 13.0. The third-order valence-electron chi connectivity index (χ3n) is 6.04. The molecular formula is C28H29Cl4N3O4S. The molecule has 0 saturated carbocycles. The fourth-order valence-electron chi connectivity index (χ4n) is 3.78. The van der Waals surface area contributed by atoms with Crippen molar-refractivity contribution in [3.63, 3.8) is 0 Å². The number of nitrogens with zero attached hydrogens (tertiary/aromatic N) is 2. The number of amides is 2. The molecule has 40 heavy (non-hydrogen) atoms. The standard InChI is InChI=1S/C28H29Cl4N3O4S/c1-18(2)15-33-28(37)19(3)34(16-22-23(29)10-7-11-24(22)30)27(36)17-35(20-12-13-25(31)26(32)14-20)40(38,39)21-8-5-4-6-9-21/h4-14,18-19H,15-17H2,1-3H3,(H,33,37). The predicted molar refractivity (Wildman–Crippen MR) is 162 cm³/mol. The van der Waals surface area contributed by atoms with Crippen molar-refractivity contribution in [2.24, 2.45) is 5.92 Å². The van der Waals surface area contributed by atoms with E-state index in [-0.39, 0.29) is 33.1 Å². The molecule has 3 aromatic rings. The Kier molecular flexibility index (Phi) is 11.1. The number of anilines is 1. The molecule has 0 bridgehead atoms. The minimum atomic E-state index is -4.24. The zero-order valence-corrected chi connectivity index (χ0v) is 25.9. The van der Waals surface area contributed by atoms with Crippen molar-refractivity contribution < 1.29 is 18.0 Å². The van der Waals surface area contributed by atoms with Gasteiger partial charge in [-0.05, 0) is 55.3 Å². The number of hydrogen-bond acceptors (Lipinski definition) is 4. The summed E-state index contributed by atoms with van der Waals surface area (Å²) in [7, 11) is -4.24. The van der Waals surface area contributed by atoms with Crippen molar-refractivity contribution in [2.75, 3.05) is 17.4 Å². The van der Waals surface area contributed by atoms with Crippen LogP contribution in [0.15, 0.2) is 71.6 Å². The average molecular weight is 645 g/mol. The van der Waals surface area contributed by atoms with Gasteiger partial charge in [-0.3, -0.25) is 13.9 Å². The van der Waals surface area contributed by atoms with Crippen LogP contribution in [-0.4, -0.2) is 44.3 Å². The molecule has 0 aromatic heterocycles. The van der Waals surface area contributed by atoms with Crippen molar-refractivity contribution in [1.82, 2.24) is 10.2 Å². The normalized spacial score (nSPS) is 12.2. The van der Waals surface area contributed by atoms with E-state index in [4.69, 9.17) is 46.4 Å². The summed E-state index contributed by atoms with van der Waals surface area (Å²) in [5, 5.41) is 3.77. The van der Waals surface area contributed by atoms with E-state index in [0.29, 0.717) is 22.2 Å². The molecule has 0 saturated heterocycles. The lowest BCUT2D eigenvalue weighted by atomic mass is 10.1. The highest BCUT2D eigenvalue weighted by Crippen LogP contribution is 2.31. The number of sulfonamides is 1. The molecule has 0 spiro atoms. The van der Waals surface area contributed by atoms with E-state index in [1.165, 1.54) is 35.2 Å². The van der Waals surface area contributed by atoms with Crippen molar-refractivity contribution in [3.8, 4) is 0 Å². The third kappa shape index (κ3) is 7.83.